The zero-order valence-electron chi connectivity index (χ0n) is 65.0. The molecule has 0 aliphatic rings. The molecule has 3 N–H and O–H groups in total. The SMILES string of the molecule is CCCCCC/C=C\C=C/CCCCCCCC(=O)O[C@H](COC(=O)CCCCCCCCCC(C)C)COP(=O)(O)OC[C@H](O)COP(=O)(O)OC[C@@H](COC(=O)CCCCCCCCCCCCCCCC(C)C)OC(=O)CCCCCCCCCCCCCCCCCCCCC. The normalized spacial score (nSPS) is 14.1. The molecule has 0 bridgehead atoms. The molecule has 0 saturated carbocycles. The number of unbranched alkanes of at least 4 members (excludes halogenated alkanes) is 45. The van der Waals surface area contributed by atoms with E-state index in [2.05, 4.69) is 65.8 Å². The minimum Gasteiger partial charge on any atom is -0.462 e. The molecule has 0 aromatic heterocycles. The van der Waals surface area contributed by atoms with Gasteiger partial charge in [-0.1, -0.05) is 348 Å². The van der Waals surface area contributed by atoms with Gasteiger partial charge in [0.05, 0.1) is 26.4 Å². The molecule has 0 radical (unpaired) electrons. The molecule has 17 nitrogen and oxygen atoms in total. The van der Waals surface area contributed by atoms with E-state index in [0.29, 0.717) is 31.6 Å². The number of hydrogen-bond acceptors (Lipinski definition) is 15. The van der Waals surface area contributed by atoms with Crippen molar-refractivity contribution >= 4 is 39.5 Å². The summed E-state index contributed by atoms with van der Waals surface area (Å²) in [5.74, 6) is -0.649. The van der Waals surface area contributed by atoms with Crippen LogP contribution in [0.15, 0.2) is 24.3 Å². The fraction of sp³-hybridized carbons (Fsp3) is 0.901. The van der Waals surface area contributed by atoms with Gasteiger partial charge in [-0.2, -0.15) is 0 Å². The lowest BCUT2D eigenvalue weighted by Crippen LogP contribution is -2.30. The number of carbonyl (C=O) groups is 4. The minimum atomic E-state index is -4.97. The summed E-state index contributed by atoms with van der Waals surface area (Å²) in [6, 6.07) is 0. The number of phosphoric acid groups is 2. The third-order valence-electron chi connectivity index (χ3n) is 18.3. The molecule has 590 valence electrons. The van der Waals surface area contributed by atoms with E-state index in [0.717, 1.165) is 115 Å². The Labute approximate surface area is 612 Å². The number of esters is 4. The van der Waals surface area contributed by atoms with Crippen LogP contribution < -0.4 is 0 Å². The molecule has 0 aromatic rings. The van der Waals surface area contributed by atoms with E-state index >= 15 is 0 Å². The molecule has 19 heteroatoms. The van der Waals surface area contributed by atoms with Gasteiger partial charge >= 0.3 is 39.5 Å². The van der Waals surface area contributed by atoms with E-state index in [-0.39, 0.29) is 25.7 Å². The first-order chi connectivity index (χ1) is 48.4. The largest absolute Gasteiger partial charge is 0.472 e. The van der Waals surface area contributed by atoms with Crippen LogP contribution in [0.4, 0.5) is 0 Å². The third-order valence-corrected chi connectivity index (χ3v) is 20.2. The monoisotopic (exact) mass is 1460 g/mol. The van der Waals surface area contributed by atoms with Crippen LogP contribution in [0.3, 0.4) is 0 Å². The third kappa shape index (κ3) is 73.8. The van der Waals surface area contributed by atoms with E-state index in [4.69, 9.17) is 37.0 Å². The summed E-state index contributed by atoms with van der Waals surface area (Å²) in [5, 5.41) is 10.6. The zero-order chi connectivity index (χ0) is 73.5. The summed E-state index contributed by atoms with van der Waals surface area (Å²) in [6.45, 7) is 9.52. The summed E-state index contributed by atoms with van der Waals surface area (Å²) in [7, 11) is -9.93. The molecule has 100 heavy (non-hydrogen) atoms. The highest BCUT2D eigenvalue weighted by atomic mass is 31.2. The predicted molar refractivity (Wildman–Crippen MR) is 409 cm³/mol. The summed E-state index contributed by atoms with van der Waals surface area (Å²) >= 11 is 0. The summed E-state index contributed by atoms with van der Waals surface area (Å²) in [6.07, 6.45) is 64.7. The van der Waals surface area contributed by atoms with E-state index in [1.54, 1.807) is 0 Å². The molecular formula is C81H154O17P2. The molecule has 0 rings (SSSR count). The van der Waals surface area contributed by atoms with Gasteiger partial charge in [0.25, 0.3) is 0 Å². The van der Waals surface area contributed by atoms with Gasteiger partial charge in [0.1, 0.15) is 19.3 Å². The molecule has 0 fully saturated rings. The smallest absolute Gasteiger partial charge is 0.462 e. The molecular weight excluding hydrogens is 1310 g/mol. The predicted octanol–water partition coefficient (Wildman–Crippen LogP) is 23.8. The average Bonchev–Trinajstić information content (AvgIpc) is 0.916. The number of ether oxygens (including phenoxy) is 4. The second-order valence-corrected chi connectivity index (χ2v) is 32.3. The first kappa shape index (κ1) is 97.5. The molecule has 0 aromatic carbocycles. The lowest BCUT2D eigenvalue weighted by atomic mass is 10.0. The second kappa shape index (κ2) is 72.1. The lowest BCUT2D eigenvalue weighted by Gasteiger charge is -2.21. The molecule has 2 unspecified atom stereocenters. The Hall–Kier alpha value is -2.46. The van der Waals surface area contributed by atoms with Crippen molar-refractivity contribution < 1.29 is 80.2 Å². The Kier molecular flexibility index (Phi) is 70.3. The van der Waals surface area contributed by atoms with Crippen molar-refractivity contribution in [1.29, 1.82) is 0 Å². The van der Waals surface area contributed by atoms with Gasteiger partial charge in [0, 0.05) is 25.7 Å². The van der Waals surface area contributed by atoms with Crippen LogP contribution in [0, 0.1) is 11.8 Å². The highest BCUT2D eigenvalue weighted by molar-refractivity contribution is 7.47. The summed E-state index contributed by atoms with van der Waals surface area (Å²) < 4.78 is 68.7. The van der Waals surface area contributed by atoms with Crippen molar-refractivity contribution in [3.8, 4) is 0 Å². The van der Waals surface area contributed by atoms with Gasteiger partial charge in [0.15, 0.2) is 12.2 Å². The highest BCUT2D eigenvalue weighted by Crippen LogP contribution is 2.45. The second-order valence-electron chi connectivity index (χ2n) is 29.4. The number of allylic oxidation sites excluding steroid dienone is 4. The van der Waals surface area contributed by atoms with Crippen molar-refractivity contribution in [3.05, 3.63) is 24.3 Å². The van der Waals surface area contributed by atoms with Crippen LogP contribution in [-0.2, 0) is 65.4 Å². The summed E-state index contributed by atoms with van der Waals surface area (Å²) in [4.78, 5) is 73.0. The molecule has 0 heterocycles. The van der Waals surface area contributed by atoms with Gasteiger partial charge in [-0.3, -0.25) is 37.3 Å². The molecule has 0 spiro atoms. The zero-order valence-corrected chi connectivity index (χ0v) is 66.8. The highest BCUT2D eigenvalue weighted by Gasteiger charge is 2.30. The van der Waals surface area contributed by atoms with Crippen molar-refractivity contribution in [2.75, 3.05) is 39.6 Å². The van der Waals surface area contributed by atoms with Gasteiger partial charge in [-0.25, -0.2) is 9.13 Å². The van der Waals surface area contributed by atoms with E-state index in [9.17, 15) is 43.2 Å². The van der Waals surface area contributed by atoms with E-state index in [1.807, 2.05) is 0 Å². The molecule has 0 amide bonds. The number of hydrogen-bond donors (Lipinski definition) is 3. The standard InChI is InChI=1S/C81H154O17P2/c1-7-9-11-13-15-17-19-21-23-24-25-26-28-32-37-41-47-54-60-66-80(85)97-76(69-91-78(83)63-57-51-45-39-35-33-29-30-34-38-43-49-55-61-73(3)4)71-95-99(87,88)93-67-75(82)68-94-100(89,90)96-72-77(70-92-79(84)64-58-52-48-42-44-50-56-62-74(5)6)98-81(86)65-59-53-46-40-36-31-27-22-20-18-16-14-12-10-8-2/h18,20,22,27,73-77,82H,7-17,19,21,23-26,28-72H2,1-6H3,(H,87,88)(H,89,90)/b20-18-,27-22-/t75-,76-,77-/m1/s1. The summed E-state index contributed by atoms with van der Waals surface area (Å²) in [5.41, 5.74) is 0. The quantitative estimate of drug-likeness (QED) is 0.0169. The molecule has 0 saturated heterocycles. The molecule has 0 aliphatic heterocycles. The van der Waals surface area contributed by atoms with Crippen LogP contribution in [0.2, 0.25) is 0 Å². The van der Waals surface area contributed by atoms with Gasteiger partial charge in [0.2, 0.25) is 0 Å². The Morgan fingerprint density at radius 3 is 0.820 bits per heavy atom. The van der Waals surface area contributed by atoms with Gasteiger partial charge in [-0.15, -0.1) is 0 Å². The van der Waals surface area contributed by atoms with Gasteiger partial charge in [-0.05, 0) is 63.2 Å². The van der Waals surface area contributed by atoms with Crippen LogP contribution in [0.1, 0.15) is 401 Å². The number of phosphoric ester groups is 2. The minimum absolute atomic E-state index is 0.0844. The van der Waals surface area contributed by atoms with Crippen molar-refractivity contribution in [2.45, 2.75) is 419 Å². The van der Waals surface area contributed by atoms with Crippen LogP contribution >= 0.6 is 15.6 Å². The first-order valence-electron chi connectivity index (χ1n) is 41.3. The maximum atomic E-state index is 13.1. The maximum absolute atomic E-state index is 13.1. The van der Waals surface area contributed by atoms with Crippen molar-refractivity contribution in [3.63, 3.8) is 0 Å². The van der Waals surface area contributed by atoms with Crippen molar-refractivity contribution in [2.24, 2.45) is 11.8 Å². The fourth-order valence-corrected chi connectivity index (χ4v) is 13.6. The van der Waals surface area contributed by atoms with Crippen LogP contribution in [-0.4, -0.2) is 96.7 Å². The van der Waals surface area contributed by atoms with Crippen LogP contribution in [0.5, 0.6) is 0 Å². The van der Waals surface area contributed by atoms with Crippen LogP contribution in [0.25, 0.3) is 0 Å². The lowest BCUT2D eigenvalue weighted by molar-refractivity contribution is -0.161. The number of aliphatic hydroxyl groups excluding tert-OH is 1. The number of rotatable bonds is 78. The van der Waals surface area contributed by atoms with E-state index < -0.39 is 97.5 Å². The Morgan fingerprint density at radius 1 is 0.310 bits per heavy atom. The maximum Gasteiger partial charge on any atom is 0.472 e. The van der Waals surface area contributed by atoms with Gasteiger partial charge < -0.3 is 33.8 Å². The molecule has 0 aliphatic carbocycles. The van der Waals surface area contributed by atoms with Crippen molar-refractivity contribution in [1.82, 2.24) is 0 Å². The fourth-order valence-electron chi connectivity index (χ4n) is 12.0. The Balaban J connectivity index is 5.27. The first-order valence-corrected chi connectivity index (χ1v) is 44.3. The topological polar surface area (TPSA) is 237 Å². The number of carbonyl (C=O) groups excluding carboxylic acids is 4. The Morgan fingerprint density at radius 2 is 0.540 bits per heavy atom. The average molecular weight is 1460 g/mol. The van der Waals surface area contributed by atoms with E-state index in [1.165, 1.54) is 199 Å². The number of aliphatic hydroxyl groups is 1. The molecule has 5 atom stereocenters. The Bertz CT molecular complexity index is 2020.